The van der Waals surface area contributed by atoms with Crippen LogP contribution in [0.1, 0.15) is 22.8 Å². The number of benzene rings is 2. The zero-order valence-electron chi connectivity index (χ0n) is 11.3. The van der Waals surface area contributed by atoms with Crippen molar-refractivity contribution < 1.29 is 9.53 Å². The van der Waals surface area contributed by atoms with E-state index >= 15 is 0 Å². The normalized spacial score (nSPS) is 10.5. The predicted octanol–water partition coefficient (Wildman–Crippen LogP) is 5.47. The molecule has 0 aliphatic heterocycles. The number of hydrogen-bond acceptors (Lipinski definition) is 2. The summed E-state index contributed by atoms with van der Waals surface area (Å²) in [7, 11) is 0. The Kier molecular flexibility index (Phi) is 5.51. The Labute approximate surface area is 138 Å². The number of rotatable bonds is 5. The van der Waals surface area contributed by atoms with Crippen LogP contribution in [0.25, 0.3) is 0 Å². The highest BCUT2D eigenvalue weighted by atomic mass is 35.5. The van der Waals surface area contributed by atoms with E-state index in [1.807, 2.05) is 12.1 Å². The van der Waals surface area contributed by atoms with Gasteiger partial charge in [0.15, 0.2) is 12.4 Å². The van der Waals surface area contributed by atoms with Crippen LogP contribution in [0, 0.1) is 0 Å². The number of ketones is 1. The molecule has 110 valence electrons. The van der Waals surface area contributed by atoms with Gasteiger partial charge in [-0.1, -0.05) is 66.0 Å². The number of aryl methyl sites for hydroxylation is 1. The van der Waals surface area contributed by atoms with Crippen LogP contribution in [0.15, 0.2) is 36.4 Å². The third kappa shape index (κ3) is 4.13. The molecule has 0 aromatic heterocycles. The Morgan fingerprint density at radius 2 is 1.62 bits per heavy atom. The molecule has 2 nitrogen and oxygen atoms in total. The summed E-state index contributed by atoms with van der Waals surface area (Å²) in [5.74, 6) is 0.212. The minimum Gasteiger partial charge on any atom is -0.484 e. The molecule has 2 aromatic rings. The minimum atomic E-state index is -0.125. The highest BCUT2D eigenvalue weighted by Crippen LogP contribution is 2.33. The first-order chi connectivity index (χ1) is 10.0. The van der Waals surface area contributed by atoms with Gasteiger partial charge in [-0.3, -0.25) is 4.79 Å². The molecule has 21 heavy (non-hydrogen) atoms. The SMILES string of the molecule is CCc1ccc(C(=O)COc2cc(Cl)c(Cl)cc2Cl)cc1. The summed E-state index contributed by atoms with van der Waals surface area (Å²) in [6.45, 7) is 1.95. The monoisotopic (exact) mass is 342 g/mol. The summed E-state index contributed by atoms with van der Waals surface area (Å²) in [6.07, 6.45) is 0.934. The Morgan fingerprint density at radius 3 is 2.24 bits per heavy atom. The number of carbonyl (C=O) groups excluding carboxylic acids is 1. The van der Waals surface area contributed by atoms with Crippen molar-refractivity contribution in [1.82, 2.24) is 0 Å². The van der Waals surface area contributed by atoms with Gasteiger partial charge in [0, 0.05) is 11.6 Å². The maximum Gasteiger partial charge on any atom is 0.200 e. The zero-order chi connectivity index (χ0) is 15.4. The molecular formula is C16H13Cl3O2. The molecule has 5 heteroatoms. The number of halogens is 3. The molecule has 0 atom stereocenters. The lowest BCUT2D eigenvalue weighted by Gasteiger charge is -2.09. The third-order valence-electron chi connectivity index (χ3n) is 3.02. The van der Waals surface area contributed by atoms with Gasteiger partial charge < -0.3 is 4.74 Å². The second-order valence-electron chi connectivity index (χ2n) is 4.46. The fourth-order valence-electron chi connectivity index (χ4n) is 1.77. The van der Waals surface area contributed by atoms with Crippen molar-refractivity contribution in [2.75, 3.05) is 6.61 Å². The molecule has 0 radical (unpaired) electrons. The maximum atomic E-state index is 12.1. The molecule has 0 spiro atoms. The fraction of sp³-hybridized carbons (Fsp3) is 0.188. The molecule has 0 saturated heterocycles. The lowest BCUT2D eigenvalue weighted by molar-refractivity contribution is 0.0921. The summed E-state index contributed by atoms with van der Waals surface area (Å²) in [6, 6.07) is 10.4. The number of Topliss-reactive ketones (excluding diaryl/α,β-unsaturated/α-hetero) is 1. The molecule has 0 bridgehead atoms. The van der Waals surface area contributed by atoms with E-state index in [9.17, 15) is 4.79 Å². The molecule has 0 aliphatic rings. The summed E-state index contributed by atoms with van der Waals surface area (Å²) in [4.78, 5) is 12.1. The van der Waals surface area contributed by atoms with E-state index in [0.29, 0.717) is 26.4 Å². The van der Waals surface area contributed by atoms with Crippen molar-refractivity contribution in [1.29, 1.82) is 0 Å². The average molecular weight is 344 g/mol. The van der Waals surface area contributed by atoms with Gasteiger partial charge in [-0.05, 0) is 18.1 Å². The quantitative estimate of drug-likeness (QED) is 0.531. The first-order valence-corrected chi connectivity index (χ1v) is 7.54. The average Bonchev–Trinajstić information content (AvgIpc) is 2.49. The molecule has 2 aromatic carbocycles. The summed E-state index contributed by atoms with van der Waals surface area (Å²) in [5.41, 5.74) is 1.78. The molecule has 0 aliphatic carbocycles. The highest BCUT2D eigenvalue weighted by molar-refractivity contribution is 6.43. The lowest BCUT2D eigenvalue weighted by atomic mass is 10.1. The van der Waals surface area contributed by atoms with Crippen molar-refractivity contribution in [2.45, 2.75) is 13.3 Å². The molecule has 0 saturated carbocycles. The number of carbonyl (C=O) groups is 1. The van der Waals surface area contributed by atoms with Crippen molar-refractivity contribution in [3.63, 3.8) is 0 Å². The molecule has 2 rings (SSSR count). The Bertz CT molecular complexity index is 651. The molecular weight excluding hydrogens is 331 g/mol. The van der Waals surface area contributed by atoms with E-state index in [0.717, 1.165) is 6.42 Å². The standard InChI is InChI=1S/C16H13Cl3O2/c1-2-10-3-5-11(6-4-10)15(20)9-21-16-8-13(18)12(17)7-14(16)19/h3-8H,2,9H2,1H3. The highest BCUT2D eigenvalue weighted by Gasteiger charge is 2.11. The largest absolute Gasteiger partial charge is 0.484 e. The van der Waals surface area contributed by atoms with E-state index in [1.165, 1.54) is 17.7 Å². The van der Waals surface area contributed by atoms with Crippen LogP contribution in [0.2, 0.25) is 15.1 Å². The van der Waals surface area contributed by atoms with Gasteiger partial charge in [-0.25, -0.2) is 0 Å². The van der Waals surface area contributed by atoms with Crippen molar-refractivity contribution in [3.8, 4) is 5.75 Å². The van der Waals surface area contributed by atoms with E-state index < -0.39 is 0 Å². The van der Waals surface area contributed by atoms with Crippen LogP contribution in [0.3, 0.4) is 0 Å². The van der Waals surface area contributed by atoms with Gasteiger partial charge in [-0.2, -0.15) is 0 Å². The van der Waals surface area contributed by atoms with E-state index in [2.05, 4.69) is 6.92 Å². The number of ether oxygens (including phenoxy) is 1. The predicted molar refractivity (Wildman–Crippen MR) is 87.1 cm³/mol. The molecule has 0 N–H and O–H groups in total. The van der Waals surface area contributed by atoms with Crippen LogP contribution < -0.4 is 4.74 Å². The van der Waals surface area contributed by atoms with Gasteiger partial charge in [-0.15, -0.1) is 0 Å². The van der Waals surface area contributed by atoms with Gasteiger partial charge in [0.1, 0.15) is 5.75 Å². The van der Waals surface area contributed by atoms with E-state index in [4.69, 9.17) is 39.5 Å². The lowest BCUT2D eigenvalue weighted by Crippen LogP contribution is -2.11. The number of hydrogen-bond donors (Lipinski definition) is 0. The maximum absolute atomic E-state index is 12.1. The van der Waals surface area contributed by atoms with Crippen LogP contribution in [0.4, 0.5) is 0 Å². The van der Waals surface area contributed by atoms with Crippen molar-refractivity contribution in [2.24, 2.45) is 0 Å². The Morgan fingerprint density at radius 1 is 1.00 bits per heavy atom. The molecule has 0 fully saturated rings. The molecule has 0 amide bonds. The molecule has 0 heterocycles. The van der Waals surface area contributed by atoms with Gasteiger partial charge in [0.05, 0.1) is 15.1 Å². The van der Waals surface area contributed by atoms with Crippen molar-refractivity contribution >= 4 is 40.6 Å². The first-order valence-electron chi connectivity index (χ1n) is 6.40. The fourth-order valence-corrected chi connectivity index (χ4v) is 2.36. The Balaban J connectivity index is 2.05. The smallest absolute Gasteiger partial charge is 0.200 e. The van der Waals surface area contributed by atoms with E-state index in [-0.39, 0.29) is 12.4 Å². The summed E-state index contributed by atoms with van der Waals surface area (Å²) in [5, 5.41) is 0.991. The third-order valence-corrected chi connectivity index (χ3v) is 4.04. The first kappa shape index (κ1) is 16.2. The Hall–Kier alpha value is -1.22. The zero-order valence-corrected chi connectivity index (χ0v) is 13.6. The topological polar surface area (TPSA) is 26.3 Å². The van der Waals surface area contributed by atoms with Crippen LogP contribution >= 0.6 is 34.8 Å². The van der Waals surface area contributed by atoms with E-state index in [1.54, 1.807) is 12.1 Å². The summed E-state index contributed by atoms with van der Waals surface area (Å²) < 4.78 is 5.42. The summed E-state index contributed by atoms with van der Waals surface area (Å²) >= 11 is 17.7. The molecule has 0 unspecified atom stereocenters. The van der Waals surface area contributed by atoms with Gasteiger partial charge >= 0.3 is 0 Å². The van der Waals surface area contributed by atoms with Gasteiger partial charge in [0.2, 0.25) is 0 Å². The van der Waals surface area contributed by atoms with Gasteiger partial charge in [0.25, 0.3) is 0 Å². The minimum absolute atomic E-state index is 0.108. The van der Waals surface area contributed by atoms with Crippen LogP contribution in [-0.4, -0.2) is 12.4 Å². The second-order valence-corrected chi connectivity index (χ2v) is 5.68. The van der Waals surface area contributed by atoms with Crippen molar-refractivity contribution in [3.05, 3.63) is 62.6 Å². The second kappa shape index (κ2) is 7.17. The van der Waals surface area contributed by atoms with Crippen LogP contribution in [-0.2, 0) is 6.42 Å². The van der Waals surface area contributed by atoms with Crippen LogP contribution in [0.5, 0.6) is 5.75 Å².